The van der Waals surface area contributed by atoms with E-state index in [1.807, 2.05) is 49.4 Å². The molecule has 0 aliphatic carbocycles. The summed E-state index contributed by atoms with van der Waals surface area (Å²) in [5.41, 5.74) is 3.30. The summed E-state index contributed by atoms with van der Waals surface area (Å²) in [6, 6.07) is 22.4. The molecule has 1 aliphatic rings. The molecule has 4 nitrogen and oxygen atoms in total. The summed E-state index contributed by atoms with van der Waals surface area (Å²) in [7, 11) is 0. The van der Waals surface area contributed by atoms with Crippen LogP contribution in [0.2, 0.25) is 0 Å². The third kappa shape index (κ3) is 3.71. The second-order valence-corrected chi connectivity index (χ2v) is 8.11. The molecule has 28 heavy (non-hydrogen) atoms. The lowest BCUT2D eigenvalue weighted by Crippen LogP contribution is -2.31. The minimum absolute atomic E-state index is 0.0763. The molecule has 0 N–H and O–H groups in total. The van der Waals surface area contributed by atoms with Crippen molar-refractivity contribution in [2.24, 2.45) is 10.2 Å². The number of aryl methyl sites for hydroxylation is 1. The zero-order valence-electron chi connectivity index (χ0n) is 15.9. The van der Waals surface area contributed by atoms with Crippen molar-refractivity contribution in [1.29, 1.82) is 0 Å². The Morgan fingerprint density at radius 1 is 1.04 bits per heavy atom. The summed E-state index contributed by atoms with van der Waals surface area (Å²) in [5, 5.41) is 11.5. The highest BCUT2D eigenvalue weighted by Crippen LogP contribution is 2.29. The molecule has 140 valence electrons. The summed E-state index contributed by atoms with van der Waals surface area (Å²) in [6.45, 7) is 4.49. The Hall–Kier alpha value is -2.92. The average molecular weight is 388 g/mol. The van der Waals surface area contributed by atoms with Crippen LogP contribution in [-0.4, -0.2) is 27.4 Å². The predicted molar refractivity (Wildman–Crippen MR) is 118 cm³/mol. The molecular formula is C23H21N3OS. The van der Waals surface area contributed by atoms with E-state index in [4.69, 9.17) is 0 Å². The number of benzene rings is 3. The van der Waals surface area contributed by atoms with Crippen molar-refractivity contribution >= 4 is 39.8 Å². The number of amides is 1. The van der Waals surface area contributed by atoms with Gasteiger partial charge in [0.15, 0.2) is 5.17 Å². The van der Waals surface area contributed by atoms with Crippen molar-refractivity contribution in [2.75, 3.05) is 0 Å². The third-order valence-corrected chi connectivity index (χ3v) is 5.95. The smallest absolute Gasteiger partial charge is 0.242 e. The fourth-order valence-electron chi connectivity index (χ4n) is 3.27. The van der Waals surface area contributed by atoms with E-state index >= 15 is 0 Å². The van der Waals surface area contributed by atoms with Gasteiger partial charge in [-0.3, -0.25) is 9.69 Å². The lowest BCUT2D eigenvalue weighted by molar-refractivity contribution is -0.126. The fourth-order valence-corrected chi connectivity index (χ4v) is 4.19. The molecule has 0 spiro atoms. The SMILES string of the molecule is Cc1ccccc1CN1C(=O)C(C)SC1=NN=Cc1cccc2ccccc12. The number of nitrogens with zero attached hydrogens (tertiary/aromatic N) is 3. The normalized spacial score (nSPS) is 18.6. The lowest BCUT2D eigenvalue weighted by Gasteiger charge is -2.16. The molecule has 1 heterocycles. The summed E-state index contributed by atoms with van der Waals surface area (Å²) in [6.07, 6.45) is 1.76. The molecule has 4 rings (SSSR count). The summed E-state index contributed by atoms with van der Waals surface area (Å²) in [4.78, 5) is 14.3. The van der Waals surface area contributed by atoms with E-state index in [1.54, 1.807) is 11.1 Å². The first-order valence-corrected chi connectivity index (χ1v) is 10.1. The highest BCUT2D eigenvalue weighted by molar-refractivity contribution is 8.15. The number of thioether (sulfide) groups is 1. The van der Waals surface area contributed by atoms with Crippen molar-refractivity contribution in [3.8, 4) is 0 Å². The van der Waals surface area contributed by atoms with Gasteiger partial charge in [-0.25, -0.2) is 0 Å². The van der Waals surface area contributed by atoms with Crippen LogP contribution in [0.1, 0.15) is 23.6 Å². The number of carbonyl (C=O) groups is 1. The quantitative estimate of drug-likeness (QED) is 0.467. The van der Waals surface area contributed by atoms with E-state index in [0.29, 0.717) is 11.7 Å². The minimum Gasteiger partial charge on any atom is -0.284 e. The average Bonchev–Trinajstić information content (AvgIpc) is 2.97. The minimum atomic E-state index is -0.143. The van der Waals surface area contributed by atoms with Crippen LogP contribution < -0.4 is 0 Å². The van der Waals surface area contributed by atoms with Gasteiger partial charge in [0.05, 0.1) is 18.0 Å². The number of fused-ring (bicyclic) bond motifs is 1. The fraction of sp³-hybridized carbons (Fsp3) is 0.174. The van der Waals surface area contributed by atoms with Crippen molar-refractivity contribution in [3.05, 3.63) is 83.4 Å². The number of carbonyl (C=O) groups excluding carboxylic acids is 1. The maximum atomic E-state index is 12.6. The highest BCUT2D eigenvalue weighted by Gasteiger charge is 2.35. The molecule has 1 aliphatic heterocycles. The zero-order valence-corrected chi connectivity index (χ0v) is 16.7. The molecule has 1 saturated heterocycles. The van der Waals surface area contributed by atoms with Gasteiger partial charge in [0.1, 0.15) is 0 Å². The standard InChI is InChI=1S/C23H21N3OS/c1-16-8-3-4-10-20(16)15-26-22(27)17(2)28-23(26)25-24-14-19-12-7-11-18-9-5-6-13-21(18)19/h3-14,17H,15H2,1-2H3. The largest absolute Gasteiger partial charge is 0.284 e. The summed E-state index contributed by atoms with van der Waals surface area (Å²) >= 11 is 1.46. The summed E-state index contributed by atoms with van der Waals surface area (Å²) < 4.78 is 0. The Morgan fingerprint density at radius 2 is 1.79 bits per heavy atom. The molecule has 1 atom stereocenters. The van der Waals surface area contributed by atoms with E-state index in [1.165, 1.54) is 22.7 Å². The van der Waals surface area contributed by atoms with Gasteiger partial charge in [-0.05, 0) is 35.7 Å². The van der Waals surface area contributed by atoms with Gasteiger partial charge in [0.25, 0.3) is 0 Å². The van der Waals surface area contributed by atoms with Crippen LogP contribution in [0.15, 0.2) is 76.9 Å². The zero-order chi connectivity index (χ0) is 19.5. The molecule has 0 bridgehead atoms. The van der Waals surface area contributed by atoms with Crippen LogP contribution in [0.5, 0.6) is 0 Å². The predicted octanol–water partition coefficient (Wildman–Crippen LogP) is 5.00. The molecule has 1 fully saturated rings. The molecule has 5 heteroatoms. The number of hydrogen-bond donors (Lipinski definition) is 0. The van der Waals surface area contributed by atoms with E-state index in [-0.39, 0.29) is 11.2 Å². The second-order valence-electron chi connectivity index (χ2n) is 6.81. The third-order valence-electron chi connectivity index (χ3n) is 4.88. The molecule has 0 saturated carbocycles. The van der Waals surface area contributed by atoms with Gasteiger partial charge in [0, 0.05) is 5.56 Å². The van der Waals surface area contributed by atoms with Crippen molar-refractivity contribution < 1.29 is 4.79 Å². The molecule has 0 aromatic heterocycles. The first kappa shape index (κ1) is 18.4. The number of rotatable bonds is 4. The Kier molecular flexibility index (Phi) is 5.26. The van der Waals surface area contributed by atoms with Gasteiger partial charge in [0.2, 0.25) is 5.91 Å². The van der Waals surface area contributed by atoms with E-state index in [2.05, 4.69) is 41.4 Å². The van der Waals surface area contributed by atoms with Crippen LogP contribution in [0.25, 0.3) is 10.8 Å². The second kappa shape index (κ2) is 7.98. The first-order chi connectivity index (χ1) is 13.6. The Morgan fingerprint density at radius 3 is 2.64 bits per heavy atom. The van der Waals surface area contributed by atoms with Gasteiger partial charge in [-0.2, -0.15) is 5.10 Å². The van der Waals surface area contributed by atoms with Gasteiger partial charge in [-0.15, -0.1) is 5.10 Å². The van der Waals surface area contributed by atoms with Gasteiger partial charge >= 0.3 is 0 Å². The molecule has 1 amide bonds. The Bertz CT molecular complexity index is 1080. The molecular weight excluding hydrogens is 366 g/mol. The Balaban J connectivity index is 1.61. The highest BCUT2D eigenvalue weighted by atomic mass is 32.2. The summed E-state index contributed by atoms with van der Waals surface area (Å²) in [5.74, 6) is 0.0763. The molecule has 1 unspecified atom stereocenters. The van der Waals surface area contributed by atoms with Crippen LogP contribution in [0, 0.1) is 6.92 Å². The van der Waals surface area contributed by atoms with Crippen LogP contribution >= 0.6 is 11.8 Å². The maximum absolute atomic E-state index is 12.6. The number of amidine groups is 1. The first-order valence-electron chi connectivity index (χ1n) is 9.25. The van der Waals surface area contributed by atoms with Crippen molar-refractivity contribution in [2.45, 2.75) is 25.6 Å². The van der Waals surface area contributed by atoms with Gasteiger partial charge in [-0.1, -0.05) is 78.5 Å². The number of hydrogen-bond acceptors (Lipinski definition) is 4. The van der Waals surface area contributed by atoms with Crippen molar-refractivity contribution in [1.82, 2.24) is 4.90 Å². The maximum Gasteiger partial charge on any atom is 0.242 e. The van der Waals surface area contributed by atoms with E-state index in [9.17, 15) is 4.79 Å². The molecule has 3 aromatic carbocycles. The van der Waals surface area contributed by atoms with Gasteiger partial charge < -0.3 is 0 Å². The molecule has 3 aromatic rings. The lowest BCUT2D eigenvalue weighted by atomic mass is 10.1. The topological polar surface area (TPSA) is 45.0 Å². The Labute approximate surface area is 169 Å². The van der Waals surface area contributed by atoms with Crippen molar-refractivity contribution in [3.63, 3.8) is 0 Å². The van der Waals surface area contributed by atoms with Crippen LogP contribution in [0.4, 0.5) is 0 Å². The monoisotopic (exact) mass is 387 g/mol. The molecule has 0 radical (unpaired) electrons. The van der Waals surface area contributed by atoms with E-state index < -0.39 is 0 Å². The van der Waals surface area contributed by atoms with Crippen LogP contribution in [0.3, 0.4) is 0 Å². The van der Waals surface area contributed by atoms with Crippen LogP contribution in [-0.2, 0) is 11.3 Å². The van der Waals surface area contributed by atoms with E-state index in [0.717, 1.165) is 16.5 Å².